The SMILES string of the molecule is COc1ccc(C2C(CNC(=O)C3CCCC(C(F)(F)F)C3)CCCN2C)cc1. The third kappa shape index (κ3) is 5.44. The van der Waals surface area contributed by atoms with Crippen LogP contribution in [0.4, 0.5) is 13.2 Å². The number of carbonyl (C=O) groups is 1. The van der Waals surface area contributed by atoms with E-state index in [-0.39, 0.29) is 30.7 Å². The van der Waals surface area contributed by atoms with Crippen LogP contribution in [0.1, 0.15) is 50.1 Å². The van der Waals surface area contributed by atoms with Gasteiger partial charge in [0, 0.05) is 18.5 Å². The zero-order valence-corrected chi connectivity index (χ0v) is 17.2. The van der Waals surface area contributed by atoms with Crippen molar-refractivity contribution in [1.29, 1.82) is 0 Å². The Labute approximate surface area is 170 Å². The van der Waals surface area contributed by atoms with E-state index in [2.05, 4.69) is 29.4 Å². The third-order valence-corrected chi connectivity index (χ3v) is 6.51. The predicted molar refractivity (Wildman–Crippen MR) is 106 cm³/mol. The van der Waals surface area contributed by atoms with Gasteiger partial charge in [0.15, 0.2) is 0 Å². The molecule has 0 radical (unpaired) electrons. The molecule has 0 spiro atoms. The van der Waals surface area contributed by atoms with E-state index in [0.29, 0.717) is 19.4 Å². The van der Waals surface area contributed by atoms with Crippen molar-refractivity contribution in [2.75, 3.05) is 27.2 Å². The number of nitrogens with one attached hydrogen (secondary N) is 1. The first-order valence-electron chi connectivity index (χ1n) is 10.5. The molecule has 1 saturated heterocycles. The number of amides is 1. The summed E-state index contributed by atoms with van der Waals surface area (Å²) in [5, 5.41) is 2.98. The molecule has 1 N–H and O–H groups in total. The lowest BCUT2D eigenvalue weighted by molar-refractivity contribution is -0.186. The number of carbonyl (C=O) groups excluding carboxylic acids is 1. The van der Waals surface area contributed by atoms with Crippen molar-refractivity contribution in [3.05, 3.63) is 29.8 Å². The van der Waals surface area contributed by atoms with Gasteiger partial charge in [0.1, 0.15) is 5.75 Å². The van der Waals surface area contributed by atoms with Gasteiger partial charge >= 0.3 is 6.18 Å². The Morgan fingerprint density at radius 2 is 1.90 bits per heavy atom. The largest absolute Gasteiger partial charge is 0.497 e. The molecule has 3 rings (SSSR count). The fourth-order valence-electron chi connectivity index (χ4n) is 4.90. The van der Waals surface area contributed by atoms with Gasteiger partial charge in [0.25, 0.3) is 0 Å². The van der Waals surface area contributed by atoms with Crippen molar-refractivity contribution in [2.45, 2.75) is 50.7 Å². The Bertz CT molecular complexity index is 678. The van der Waals surface area contributed by atoms with Crippen LogP contribution in [0.15, 0.2) is 24.3 Å². The third-order valence-electron chi connectivity index (χ3n) is 6.51. The molecule has 7 heteroatoms. The highest BCUT2D eigenvalue weighted by Crippen LogP contribution is 2.40. The quantitative estimate of drug-likeness (QED) is 0.771. The molecule has 1 aliphatic heterocycles. The molecule has 162 valence electrons. The molecule has 4 atom stereocenters. The summed E-state index contributed by atoms with van der Waals surface area (Å²) in [4.78, 5) is 14.9. The summed E-state index contributed by atoms with van der Waals surface area (Å²) in [6, 6.07) is 8.15. The van der Waals surface area contributed by atoms with Crippen LogP contribution in [0.5, 0.6) is 5.75 Å². The minimum Gasteiger partial charge on any atom is -0.497 e. The highest BCUT2D eigenvalue weighted by molar-refractivity contribution is 5.78. The van der Waals surface area contributed by atoms with E-state index in [1.54, 1.807) is 7.11 Å². The molecule has 4 nitrogen and oxygen atoms in total. The first kappa shape index (κ1) is 21.9. The second-order valence-corrected chi connectivity index (χ2v) is 8.45. The van der Waals surface area contributed by atoms with Crippen LogP contribution in [-0.2, 0) is 4.79 Å². The average molecular weight is 412 g/mol. The van der Waals surface area contributed by atoms with Gasteiger partial charge in [0.2, 0.25) is 5.91 Å². The standard InChI is InChI=1S/C22H31F3N2O2/c1-27-12-4-6-17(20(27)15-8-10-19(29-2)11-9-15)14-26-21(28)16-5-3-7-18(13-16)22(23,24)25/h8-11,16-18,20H,3-7,12-14H2,1-2H3,(H,26,28). The number of hydrogen-bond donors (Lipinski definition) is 1. The normalized spacial score (nSPS) is 28.7. The van der Waals surface area contributed by atoms with E-state index in [9.17, 15) is 18.0 Å². The fraction of sp³-hybridized carbons (Fsp3) is 0.682. The van der Waals surface area contributed by atoms with E-state index in [1.807, 2.05) is 12.1 Å². The fourth-order valence-corrected chi connectivity index (χ4v) is 4.90. The Kier molecular flexibility index (Phi) is 7.09. The Morgan fingerprint density at radius 1 is 1.17 bits per heavy atom. The molecule has 4 unspecified atom stereocenters. The molecular formula is C22H31F3N2O2. The highest BCUT2D eigenvalue weighted by atomic mass is 19.4. The summed E-state index contributed by atoms with van der Waals surface area (Å²) in [6.07, 6.45) is -1.11. The topological polar surface area (TPSA) is 41.6 Å². The lowest BCUT2D eigenvalue weighted by Gasteiger charge is -2.40. The number of likely N-dealkylation sites (tertiary alicyclic amines) is 1. The maximum absolute atomic E-state index is 13.0. The highest BCUT2D eigenvalue weighted by Gasteiger charge is 2.43. The minimum atomic E-state index is -4.20. The van der Waals surface area contributed by atoms with Crippen molar-refractivity contribution in [2.24, 2.45) is 17.8 Å². The molecule has 1 saturated carbocycles. The van der Waals surface area contributed by atoms with Gasteiger partial charge in [-0.1, -0.05) is 18.6 Å². The first-order valence-corrected chi connectivity index (χ1v) is 10.5. The number of benzene rings is 1. The van der Waals surface area contributed by atoms with Crippen LogP contribution in [0.3, 0.4) is 0 Å². The van der Waals surface area contributed by atoms with Crippen molar-refractivity contribution < 1.29 is 22.7 Å². The van der Waals surface area contributed by atoms with Crippen LogP contribution in [0.25, 0.3) is 0 Å². The second-order valence-electron chi connectivity index (χ2n) is 8.45. The van der Waals surface area contributed by atoms with Crippen LogP contribution >= 0.6 is 0 Å². The number of methoxy groups -OCH3 is 1. The summed E-state index contributed by atoms with van der Waals surface area (Å²) in [5.74, 6) is -1.07. The average Bonchev–Trinajstić information content (AvgIpc) is 2.71. The Hall–Kier alpha value is -1.76. The summed E-state index contributed by atoms with van der Waals surface area (Å²) >= 11 is 0. The van der Waals surface area contributed by atoms with Crippen LogP contribution < -0.4 is 10.1 Å². The number of piperidine rings is 1. The maximum atomic E-state index is 13.0. The molecule has 1 aromatic carbocycles. The van der Waals surface area contributed by atoms with Crippen LogP contribution in [-0.4, -0.2) is 44.2 Å². The summed E-state index contributed by atoms with van der Waals surface area (Å²) in [7, 11) is 3.71. The van der Waals surface area contributed by atoms with Gasteiger partial charge < -0.3 is 10.1 Å². The summed E-state index contributed by atoms with van der Waals surface area (Å²) in [5.41, 5.74) is 1.17. The van der Waals surface area contributed by atoms with Crippen molar-refractivity contribution in [3.63, 3.8) is 0 Å². The first-order chi connectivity index (χ1) is 13.8. The Balaban J connectivity index is 1.62. The number of rotatable bonds is 5. The summed E-state index contributed by atoms with van der Waals surface area (Å²) in [6.45, 7) is 1.48. The minimum absolute atomic E-state index is 0.0815. The van der Waals surface area contributed by atoms with Crippen LogP contribution in [0.2, 0.25) is 0 Å². The number of hydrogen-bond acceptors (Lipinski definition) is 3. The van der Waals surface area contributed by atoms with Gasteiger partial charge in [-0.25, -0.2) is 0 Å². The molecule has 0 bridgehead atoms. The molecule has 29 heavy (non-hydrogen) atoms. The number of halogens is 3. The van der Waals surface area contributed by atoms with Gasteiger partial charge in [-0.2, -0.15) is 13.2 Å². The summed E-state index contributed by atoms with van der Waals surface area (Å²) < 4.78 is 44.4. The Morgan fingerprint density at radius 3 is 2.55 bits per heavy atom. The second kappa shape index (κ2) is 9.37. The number of alkyl halides is 3. The monoisotopic (exact) mass is 412 g/mol. The van der Waals surface area contributed by atoms with Gasteiger partial charge in [-0.15, -0.1) is 0 Å². The molecular weight excluding hydrogens is 381 g/mol. The number of nitrogens with zero attached hydrogens (tertiary/aromatic N) is 1. The van der Waals surface area contributed by atoms with Gasteiger partial charge in [-0.05, 0) is 69.3 Å². The predicted octanol–water partition coefficient (Wildman–Crippen LogP) is 4.56. The number of ether oxygens (including phenoxy) is 1. The molecule has 1 heterocycles. The lowest BCUT2D eigenvalue weighted by Crippen LogP contribution is -2.44. The molecule has 1 amide bonds. The van der Waals surface area contributed by atoms with E-state index >= 15 is 0 Å². The molecule has 2 fully saturated rings. The smallest absolute Gasteiger partial charge is 0.391 e. The van der Waals surface area contributed by atoms with Crippen molar-refractivity contribution >= 4 is 5.91 Å². The van der Waals surface area contributed by atoms with Gasteiger partial charge in [-0.3, -0.25) is 9.69 Å². The zero-order valence-electron chi connectivity index (χ0n) is 17.2. The van der Waals surface area contributed by atoms with E-state index in [1.165, 1.54) is 5.56 Å². The van der Waals surface area contributed by atoms with Gasteiger partial charge in [0.05, 0.1) is 13.0 Å². The van der Waals surface area contributed by atoms with E-state index in [4.69, 9.17) is 4.74 Å². The molecule has 0 aromatic heterocycles. The van der Waals surface area contributed by atoms with E-state index in [0.717, 1.165) is 25.1 Å². The lowest BCUT2D eigenvalue weighted by atomic mass is 9.80. The zero-order chi connectivity index (χ0) is 21.0. The van der Waals surface area contributed by atoms with E-state index < -0.39 is 18.0 Å². The van der Waals surface area contributed by atoms with Crippen molar-refractivity contribution in [3.8, 4) is 5.75 Å². The van der Waals surface area contributed by atoms with Crippen molar-refractivity contribution in [1.82, 2.24) is 10.2 Å². The maximum Gasteiger partial charge on any atom is 0.391 e. The molecule has 2 aliphatic rings. The molecule has 1 aromatic rings. The van der Waals surface area contributed by atoms with Crippen LogP contribution in [0, 0.1) is 17.8 Å². The molecule has 1 aliphatic carbocycles.